The molecule has 0 saturated heterocycles. The molecule has 4 N–H and O–H groups in total. The van der Waals surface area contributed by atoms with E-state index < -0.39 is 5.91 Å². The summed E-state index contributed by atoms with van der Waals surface area (Å²) < 4.78 is 0. The van der Waals surface area contributed by atoms with Crippen LogP contribution in [0.4, 0.5) is 5.69 Å². The third-order valence-corrected chi connectivity index (χ3v) is 5.09. The minimum Gasteiger partial charge on any atom is -0.505 e. The predicted molar refractivity (Wildman–Crippen MR) is 135 cm³/mol. The van der Waals surface area contributed by atoms with E-state index in [9.17, 15) is 9.90 Å². The number of aliphatic imine (C=N–C) groups is 1. The van der Waals surface area contributed by atoms with E-state index in [2.05, 4.69) is 20.5 Å². The monoisotopic (exact) mass is 464 g/mol. The molecular weight excluding hydrogens is 440 g/mol. The fourth-order valence-electron chi connectivity index (χ4n) is 3.42. The van der Waals surface area contributed by atoms with Crippen LogP contribution in [-0.4, -0.2) is 40.7 Å². The number of halogens is 1. The van der Waals surface area contributed by atoms with E-state index in [1.54, 1.807) is 56.6 Å². The fourth-order valence-corrected chi connectivity index (χ4v) is 3.60. The van der Waals surface area contributed by atoms with E-state index in [0.717, 1.165) is 0 Å². The number of rotatable bonds is 6. The van der Waals surface area contributed by atoms with Crippen LogP contribution in [0.1, 0.15) is 37.5 Å². The zero-order chi connectivity index (χ0) is 24.0. The number of aliphatic hydroxyl groups is 1. The second-order valence-electron chi connectivity index (χ2n) is 6.93. The van der Waals surface area contributed by atoms with Gasteiger partial charge in [0.1, 0.15) is 5.71 Å². The van der Waals surface area contributed by atoms with Gasteiger partial charge in [-0.05, 0) is 51.1 Å². The number of hydrazone groups is 2. The Bertz CT molecular complexity index is 1210. The molecule has 1 aliphatic heterocycles. The van der Waals surface area contributed by atoms with Crippen LogP contribution in [0, 0.1) is 0 Å². The third-order valence-electron chi connectivity index (χ3n) is 4.85. The van der Waals surface area contributed by atoms with Gasteiger partial charge in [-0.15, -0.1) is 0 Å². The summed E-state index contributed by atoms with van der Waals surface area (Å²) in [5.41, 5.74) is 3.62. The Hall–Kier alpha value is -3.91. The lowest BCUT2D eigenvalue weighted by molar-refractivity contribution is -0.118. The summed E-state index contributed by atoms with van der Waals surface area (Å²) in [5.74, 6) is 5.06. The molecule has 0 bridgehead atoms. The Labute approximate surface area is 197 Å². The van der Waals surface area contributed by atoms with Gasteiger partial charge >= 0.3 is 0 Å². The number of fused-ring (bicyclic) bond motifs is 1. The van der Waals surface area contributed by atoms with Crippen LogP contribution in [0.3, 0.4) is 0 Å². The van der Waals surface area contributed by atoms with Crippen molar-refractivity contribution in [2.24, 2.45) is 21.0 Å². The summed E-state index contributed by atoms with van der Waals surface area (Å²) in [6.45, 7) is 5.79. The van der Waals surface area contributed by atoms with Gasteiger partial charge < -0.3 is 16.3 Å². The minimum absolute atomic E-state index is 0.0542. The highest BCUT2D eigenvalue weighted by molar-refractivity contribution is 6.38. The molecule has 3 rings (SSSR count). The average molecular weight is 465 g/mol. The lowest BCUT2D eigenvalue weighted by Gasteiger charge is -2.31. The first-order valence-electron chi connectivity index (χ1n) is 10.3. The molecule has 0 atom stereocenters. The number of carbonyl (C=O) groups excluding carboxylic acids is 1. The van der Waals surface area contributed by atoms with Gasteiger partial charge in [0.25, 0.3) is 5.91 Å². The summed E-state index contributed by atoms with van der Waals surface area (Å²) in [5, 5.41) is 23.9. The summed E-state index contributed by atoms with van der Waals surface area (Å²) in [4.78, 5) is 17.1. The molecule has 8 nitrogen and oxygen atoms in total. The van der Waals surface area contributed by atoms with Crippen LogP contribution in [0.25, 0.3) is 11.5 Å². The van der Waals surface area contributed by atoms with Crippen LogP contribution >= 0.6 is 11.6 Å². The van der Waals surface area contributed by atoms with Crippen molar-refractivity contribution in [3.63, 3.8) is 0 Å². The number of nitrogens with zero attached hydrogens (tertiary/aromatic N) is 4. The second-order valence-corrected chi connectivity index (χ2v) is 7.37. The third kappa shape index (κ3) is 4.96. The number of carbonyl (C=O) groups is 1. The van der Waals surface area contributed by atoms with Gasteiger partial charge in [-0.1, -0.05) is 29.8 Å². The van der Waals surface area contributed by atoms with Gasteiger partial charge in [-0.2, -0.15) is 10.2 Å². The topological polar surface area (TPSA) is 116 Å². The van der Waals surface area contributed by atoms with Crippen LogP contribution in [0.15, 0.2) is 69.4 Å². The summed E-state index contributed by atoms with van der Waals surface area (Å²) >= 11 is 6.02. The van der Waals surface area contributed by atoms with Crippen LogP contribution in [-0.2, 0) is 4.79 Å². The summed E-state index contributed by atoms with van der Waals surface area (Å²) in [6, 6.07) is 12.4. The lowest BCUT2D eigenvalue weighted by atomic mass is 9.93. The molecule has 2 aromatic rings. The highest BCUT2D eigenvalue weighted by Crippen LogP contribution is 2.38. The Morgan fingerprint density at radius 3 is 2.64 bits per heavy atom. The first kappa shape index (κ1) is 23.7. The maximum Gasteiger partial charge on any atom is 0.273 e. The number of amides is 1. The van der Waals surface area contributed by atoms with E-state index in [1.165, 1.54) is 5.01 Å². The Morgan fingerprint density at radius 1 is 1.21 bits per heavy atom. The van der Waals surface area contributed by atoms with Gasteiger partial charge in [-0.25, -0.2) is 5.01 Å². The van der Waals surface area contributed by atoms with Gasteiger partial charge in [0.05, 0.1) is 17.6 Å². The van der Waals surface area contributed by atoms with E-state index in [0.29, 0.717) is 45.4 Å². The van der Waals surface area contributed by atoms with Gasteiger partial charge in [0, 0.05) is 34.5 Å². The van der Waals surface area contributed by atoms with Crippen molar-refractivity contribution in [3.8, 4) is 0 Å². The van der Waals surface area contributed by atoms with Gasteiger partial charge in [0.2, 0.25) is 0 Å². The summed E-state index contributed by atoms with van der Waals surface area (Å²) in [6.07, 6.45) is 4.92. The van der Waals surface area contributed by atoms with Crippen molar-refractivity contribution in [2.75, 3.05) is 6.54 Å². The molecule has 0 saturated carbocycles. The van der Waals surface area contributed by atoms with Crippen LogP contribution < -0.4 is 11.2 Å². The highest BCUT2D eigenvalue weighted by atomic mass is 35.5. The highest BCUT2D eigenvalue weighted by Gasteiger charge is 2.33. The van der Waals surface area contributed by atoms with E-state index >= 15 is 0 Å². The SMILES string of the molecule is C/C=N\N1C(C(=O)NCC)=C(O)c2ccc(/C(C=Nc3cccc(Cl)c3)=N/N)cc2/C1=C\C. The normalized spacial score (nSPS) is 15.6. The number of likely N-dealkylation sites (N-methyl/N-ethyl adjacent to an activating group) is 1. The second kappa shape index (κ2) is 10.6. The molecule has 0 fully saturated rings. The molecule has 0 spiro atoms. The number of hydrogen-bond donors (Lipinski definition) is 3. The van der Waals surface area contributed by atoms with Gasteiger partial charge in [0.15, 0.2) is 11.5 Å². The molecular formula is C24H25ClN6O2. The number of aliphatic hydroxyl groups excluding tert-OH is 1. The molecule has 1 amide bonds. The Balaban J connectivity index is 2.10. The number of hydrogen-bond acceptors (Lipinski definition) is 7. The first-order chi connectivity index (χ1) is 15.9. The zero-order valence-electron chi connectivity index (χ0n) is 18.6. The molecule has 1 heterocycles. The number of benzene rings is 2. The largest absolute Gasteiger partial charge is 0.505 e. The molecule has 0 aliphatic carbocycles. The number of nitrogens with one attached hydrogen (secondary N) is 1. The van der Waals surface area contributed by atoms with Crippen molar-refractivity contribution in [2.45, 2.75) is 20.8 Å². The maximum atomic E-state index is 12.7. The molecule has 2 aromatic carbocycles. The molecule has 1 aliphatic rings. The molecule has 9 heteroatoms. The lowest BCUT2D eigenvalue weighted by Crippen LogP contribution is -2.35. The van der Waals surface area contributed by atoms with Crippen LogP contribution in [0.5, 0.6) is 0 Å². The molecule has 0 unspecified atom stereocenters. The van der Waals surface area contributed by atoms with E-state index in [4.69, 9.17) is 17.4 Å². The van der Waals surface area contributed by atoms with Crippen LogP contribution in [0.2, 0.25) is 5.02 Å². The van der Waals surface area contributed by atoms with E-state index in [1.807, 2.05) is 25.1 Å². The Kier molecular flexibility index (Phi) is 7.63. The molecule has 170 valence electrons. The quantitative estimate of drug-likeness (QED) is 0.332. The predicted octanol–water partition coefficient (Wildman–Crippen LogP) is 4.45. The smallest absolute Gasteiger partial charge is 0.273 e. The molecule has 0 aromatic heterocycles. The van der Waals surface area contributed by atoms with Gasteiger partial charge in [-0.3, -0.25) is 9.79 Å². The number of allylic oxidation sites excluding steroid dienone is 1. The van der Waals surface area contributed by atoms with E-state index in [-0.39, 0.29) is 11.5 Å². The standard InChI is InChI=1S/C24H25ClN6O2/c1-4-21-19-12-15(20(30-26)14-28-17-9-7-8-16(25)13-17)10-11-18(19)23(32)22(24(33)27-5-2)31(21)29-6-3/h4,6-14,32H,5,26H2,1-3H3,(H,27,33)/b21-4+,28-14?,29-6-,30-20+. The number of nitrogens with two attached hydrogens (primary N) is 1. The molecule has 0 radical (unpaired) electrons. The van der Waals surface area contributed by atoms with Crippen molar-refractivity contribution in [1.82, 2.24) is 10.3 Å². The minimum atomic E-state index is -0.424. The van der Waals surface area contributed by atoms with Crippen molar-refractivity contribution in [3.05, 3.63) is 76.0 Å². The zero-order valence-corrected chi connectivity index (χ0v) is 19.3. The van der Waals surface area contributed by atoms with Crippen molar-refractivity contribution >= 4 is 52.8 Å². The average Bonchev–Trinajstić information content (AvgIpc) is 2.80. The fraction of sp³-hybridized carbons (Fsp3) is 0.167. The Morgan fingerprint density at radius 2 is 2.00 bits per heavy atom. The first-order valence-corrected chi connectivity index (χ1v) is 10.7. The van der Waals surface area contributed by atoms with Crippen molar-refractivity contribution < 1.29 is 9.90 Å². The summed E-state index contributed by atoms with van der Waals surface area (Å²) in [7, 11) is 0. The van der Waals surface area contributed by atoms with Crippen molar-refractivity contribution in [1.29, 1.82) is 0 Å². The molecule has 33 heavy (non-hydrogen) atoms. The maximum absolute atomic E-state index is 12.7.